The van der Waals surface area contributed by atoms with Crippen LogP contribution in [0.5, 0.6) is 0 Å². The monoisotopic (exact) mass is 1130 g/mol. The van der Waals surface area contributed by atoms with Crippen molar-refractivity contribution >= 4 is 124 Å². The molecule has 1 fully saturated rings. The predicted octanol–water partition coefficient (Wildman–Crippen LogP) is -0.0244. The lowest BCUT2D eigenvalue weighted by Gasteiger charge is -2.31. The Hall–Kier alpha value is -5.51. The second-order valence-corrected chi connectivity index (χ2v) is 19.5. The molecule has 1 aromatic carbocycles. The summed E-state index contributed by atoms with van der Waals surface area (Å²) in [7, 11) is 28.9. The molecule has 5 N–H and O–H groups in total. The highest BCUT2D eigenvalue weighted by Gasteiger charge is 2.24. The van der Waals surface area contributed by atoms with Gasteiger partial charge in [-0.3, -0.25) is 43.2 Å². The quantitative estimate of drug-likeness (QED) is 0.0377. The van der Waals surface area contributed by atoms with Crippen LogP contribution in [-0.2, 0) is 67.2 Å². The molecule has 1 aliphatic rings. The molecule has 1 aromatic heterocycles. The molecule has 430 valence electrons. The minimum absolute atomic E-state index is 0.0169. The van der Waals surface area contributed by atoms with E-state index in [1.165, 1.54) is 26.0 Å². The van der Waals surface area contributed by atoms with Crippen molar-refractivity contribution in [2.75, 3.05) is 113 Å². The van der Waals surface area contributed by atoms with E-state index in [-0.39, 0.29) is 91.1 Å². The van der Waals surface area contributed by atoms with Crippen LogP contribution in [-0.4, -0.2) is 255 Å². The van der Waals surface area contributed by atoms with Crippen molar-refractivity contribution in [3.8, 4) is 0 Å². The molecule has 24 nitrogen and oxygen atoms in total. The van der Waals surface area contributed by atoms with Crippen molar-refractivity contribution in [3.05, 3.63) is 24.3 Å². The highest BCUT2D eigenvalue weighted by molar-refractivity contribution is 7.94. The third-order valence-electron chi connectivity index (χ3n) is 9.40. The van der Waals surface area contributed by atoms with Crippen LogP contribution < -0.4 is 16.0 Å². The Morgan fingerprint density at radius 1 is 0.692 bits per heavy atom. The summed E-state index contributed by atoms with van der Waals surface area (Å²) >= 11 is 1.23. The molecule has 0 unspecified atom stereocenters. The number of aliphatic carboxylic acids is 2. The number of ether oxygens (including phenoxy) is 3. The largest absolute Gasteiger partial charge is 0.482 e. The van der Waals surface area contributed by atoms with E-state index >= 15 is 0 Å². The molecule has 10 radical (unpaired) electrons. The van der Waals surface area contributed by atoms with Gasteiger partial charge in [0.05, 0.1) is 81.1 Å². The Bertz CT molecular complexity index is 2110. The van der Waals surface area contributed by atoms with Crippen molar-refractivity contribution in [2.24, 2.45) is 0 Å². The van der Waals surface area contributed by atoms with E-state index < -0.39 is 33.0 Å². The summed E-state index contributed by atoms with van der Waals surface area (Å²) in [6.45, 7) is 13.8. The molecule has 1 saturated heterocycles. The number of benzene rings is 1. The van der Waals surface area contributed by atoms with Crippen molar-refractivity contribution in [1.82, 2.24) is 40.5 Å². The summed E-state index contributed by atoms with van der Waals surface area (Å²) < 4.78 is 38.8. The van der Waals surface area contributed by atoms with E-state index in [1.54, 1.807) is 53.7 Å². The second kappa shape index (κ2) is 49.8. The zero-order valence-electron chi connectivity index (χ0n) is 46.8. The van der Waals surface area contributed by atoms with Gasteiger partial charge in [-0.2, -0.15) is 0 Å². The minimum Gasteiger partial charge on any atom is -0.482 e. The molecule has 31 heteroatoms. The Morgan fingerprint density at radius 2 is 1.18 bits per heavy atom. The van der Waals surface area contributed by atoms with E-state index in [0.717, 1.165) is 29.6 Å². The number of esters is 3. The van der Waals surface area contributed by atoms with Gasteiger partial charge in [-0.25, -0.2) is 13.4 Å². The van der Waals surface area contributed by atoms with Crippen LogP contribution in [0.1, 0.15) is 53.9 Å². The van der Waals surface area contributed by atoms with E-state index in [0.29, 0.717) is 65.5 Å². The van der Waals surface area contributed by atoms with E-state index in [9.17, 15) is 51.6 Å². The van der Waals surface area contributed by atoms with E-state index in [1.807, 2.05) is 38.2 Å². The number of thiazole rings is 1. The van der Waals surface area contributed by atoms with E-state index in [4.69, 9.17) is 51.1 Å². The molecular formula is C47H79B5N8O16S2. The predicted molar refractivity (Wildman–Crippen MR) is 303 cm³/mol. The maximum Gasteiger partial charge on any atom is 0.325 e. The maximum atomic E-state index is 11.8. The fourth-order valence-electron chi connectivity index (χ4n) is 5.16. The van der Waals surface area contributed by atoms with Crippen LogP contribution in [0.3, 0.4) is 0 Å². The van der Waals surface area contributed by atoms with Gasteiger partial charge in [0.15, 0.2) is 0 Å². The van der Waals surface area contributed by atoms with Crippen LogP contribution >= 0.6 is 11.3 Å². The van der Waals surface area contributed by atoms with Crippen LogP contribution in [0.15, 0.2) is 28.6 Å². The van der Waals surface area contributed by atoms with Gasteiger partial charge >= 0.3 is 17.9 Å². The molecule has 0 atom stereocenters. The van der Waals surface area contributed by atoms with Gasteiger partial charge in [0.25, 0.3) is 11.9 Å². The van der Waals surface area contributed by atoms with Gasteiger partial charge < -0.3 is 60.0 Å². The van der Waals surface area contributed by atoms with Gasteiger partial charge in [0.1, 0.15) is 13.1 Å². The number of fused-ring (bicyclic) bond motifs is 1. The van der Waals surface area contributed by atoms with Gasteiger partial charge in [0.2, 0.25) is 37.8 Å². The number of nitrogens with one attached hydrogen (secondary N) is 3. The molecule has 0 saturated carbocycles. The number of hydrogen-bond acceptors (Lipinski definition) is 19. The number of likely N-dealkylation sites (N-methyl/N-ethyl adjacent to an activating group) is 3. The first-order valence-corrected chi connectivity index (χ1v) is 27.2. The van der Waals surface area contributed by atoms with Gasteiger partial charge in [-0.05, 0) is 106 Å². The fourth-order valence-corrected chi connectivity index (χ4v) is 7.80. The van der Waals surface area contributed by atoms with Gasteiger partial charge in [-0.15, -0.1) is 11.3 Å². The standard InChI is InChI=1S/C10H11NO2S2.C9H17BN2O3.C8H17NO2.C7H13BN2O3.C7H11BN2O2.C4H7BO2.C2H3BO2/c1-7(2)15(12,13)10-11-8-5-3-4-6-9(8)14-10;1-3-15-9(14)7-12(5-4-11-2)8(13)6-10;1-3-11-8(10)6-4-5-7-9-2;1-9-2-3-10(5-7(12)13)6(11)4-8;1-9-2-3-10(5-7(9)12)6(11)4-8;1-2-7-4(6)3-5;3-1-2(4)5/h3-7H,1-2H3;11H,3-7H2,1-2H3;9H,3-7H2,1-2H3;9H,2-5H2,1H3,(H,12,13);2-5H2,1H3;2-3H2,1H3;1H2,(H,4,5). The minimum atomic E-state index is -3.23. The maximum absolute atomic E-state index is 11.8. The Morgan fingerprint density at radius 3 is 1.58 bits per heavy atom. The molecule has 4 amide bonds. The topological polar surface area (TPSA) is 318 Å². The lowest BCUT2D eigenvalue weighted by molar-refractivity contribution is -0.148. The highest BCUT2D eigenvalue weighted by atomic mass is 32.2. The molecule has 3 rings (SSSR count). The summed E-state index contributed by atoms with van der Waals surface area (Å²) in [5.41, 5.74) is 0.752. The number of carbonyl (C=O) groups excluding carboxylic acids is 7. The van der Waals surface area contributed by atoms with Crippen molar-refractivity contribution in [1.29, 1.82) is 0 Å². The van der Waals surface area contributed by atoms with Crippen LogP contribution in [0.25, 0.3) is 10.2 Å². The Balaban J connectivity index is -0.000000419. The van der Waals surface area contributed by atoms with Crippen LogP contribution in [0, 0.1) is 0 Å². The molecule has 0 aliphatic carbocycles. The molecule has 2 aromatic rings. The number of para-hydroxylation sites is 1. The number of rotatable bonds is 25. The molecular weight excluding hydrogens is 1050 g/mol. The Labute approximate surface area is 471 Å². The first kappa shape index (κ1) is 79.0. The summed E-state index contributed by atoms with van der Waals surface area (Å²) in [4.78, 5) is 106. The average Bonchev–Trinajstić information content (AvgIpc) is 3.87. The number of piperazine rings is 1. The van der Waals surface area contributed by atoms with Gasteiger partial charge in [0, 0.05) is 65.4 Å². The van der Waals surface area contributed by atoms with Crippen molar-refractivity contribution in [3.63, 3.8) is 0 Å². The van der Waals surface area contributed by atoms with Gasteiger partial charge in [-0.1, -0.05) is 12.1 Å². The lowest BCUT2D eigenvalue weighted by atomic mass is 10.0. The molecule has 0 spiro atoms. The first-order chi connectivity index (χ1) is 36.8. The SMILES string of the molecule is CC(C)S(=O)(=O)c1nc2ccccc2s1.CCOC(=O)CCCCNC.[B]CC(=O)N(CCNC)CC(=O)O.[B]CC(=O)N(CCNC)CC(=O)OCC.[B]CC(=O)N1CCN(C)C(=O)C1.[B]CC(=O)O.[B]CC(=O)OCC. The van der Waals surface area contributed by atoms with Crippen molar-refractivity contribution in [2.45, 2.75) is 95.1 Å². The Kier molecular flexibility index (Phi) is 50.4. The fraction of sp³-hybridized carbons (Fsp3) is 0.660. The lowest BCUT2D eigenvalue weighted by Crippen LogP contribution is -2.50. The number of carboxylic acids is 2. The number of unbranched alkanes of at least 4 members (excludes halogenated alkanes) is 1. The second-order valence-electron chi connectivity index (χ2n) is 15.8. The number of aromatic nitrogens is 1. The first-order valence-electron chi connectivity index (χ1n) is 24.8. The summed E-state index contributed by atoms with van der Waals surface area (Å²) in [5, 5.41) is 24.4. The molecule has 0 bridgehead atoms. The highest BCUT2D eigenvalue weighted by Crippen LogP contribution is 2.27. The molecule has 2 heterocycles. The number of carboxylic acid groups (broad SMARTS) is 2. The number of amides is 4. The smallest absolute Gasteiger partial charge is 0.325 e. The molecule has 78 heavy (non-hydrogen) atoms. The van der Waals surface area contributed by atoms with Crippen LogP contribution in [0.4, 0.5) is 0 Å². The number of nitrogens with zero attached hydrogens (tertiary/aromatic N) is 5. The zero-order chi connectivity index (χ0) is 60.6. The van der Waals surface area contributed by atoms with Crippen LogP contribution in [0.2, 0.25) is 31.6 Å². The normalized spacial score (nSPS) is 11.2. The average molecular weight is 1130 g/mol. The number of hydrogen-bond donors (Lipinski definition) is 5. The summed E-state index contributed by atoms with van der Waals surface area (Å²) in [5.74, 6) is -3.61. The molecule has 1 aliphatic heterocycles. The summed E-state index contributed by atoms with van der Waals surface area (Å²) in [6, 6.07) is 7.44. The third-order valence-corrected chi connectivity index (χ3v) is 13.0. The zero-order valence-corrected chi connectivity index (χ0v) is 48.4. The number of sulfone groups is 1. The van der Waals surface area contributed by atoms with Crippen molar-refractivity contribution < 1.29 is 76.0 Å². The third kappa shape index (κ3) is 40.7. The summed E-state index contributed by atoms with van der Waals surface area (Å²) in [6.07, 6.45) is 1.94. The van der Waals surface area contributed by atoms with E-state index in [2.05, 4.69) is 33.5 Å². The number of carbonyl (C=O) groups is 9.